The Hall–Kier alpha value is -0.700. The van der Waals surface area contributed by atoms with Gasteiger partial charge in [-0.2, -0.15) is 12.6 Å². The summed E-state index contributed by atoms with van der Waals surface area (Å²) in [6.07, 6.45) is 3.44. The third kappa shape index (κ3) is 3.13. The summed E-state index contributed by atoms with van der Waals surface area (Å²) < 4.78 is 5.45. The molecule has 0 saturated heterocycles. The molecule has 1 heterocycles. The zero-order valence-corrected chi connectivity index (χ0v) is 8.00. The Kier molecular flexibility index (Phi) is 3.94. The highest BCUT2D eigenvalue weighted by Gasteiger charge is 1.99. The van der Waals surface area contributed by atoms with Crippen LogP contribution in [0.4, 0.5) is 0 Å². The Morgan fingerprint density at radius 2 is 2.50 bits per heavy atom. The second-order valence-corrected chi connectivity index (χ2v) is 3.15. The van der Waals surface area contributed by atoms with Crippen LogP contribution in [0.15, 0.2) is 24.5 Å². The highest BCUT2D eigenvalue weighted by molar-refractivity contribution is 7.80. The molecule has 3 heteroatoms. The normalized spacial score (nSPS) is 12.5. The van der Waals surface area contributed by atoms with Crippen LogP contribution in [0.25, 0.3) is 0 Å². The van der Waals surface area contributed by atoms with Crippen LogP contribution >= 0.6 is 12.6 Å². The average Bonchev–Trinajstić information content (AvgIpc) is 2.16. The summed E-state index contributed by atoms with van der Waals surface area (Å²) in [5, 5.41) is 0. The Balaban J connectivity index is 2.33. The minimum Gasteiger partial charge on any atom is -0.492 e. The maximum atomic E-state index is 5.45. The van der Waals surface area contributed by atoms with E-state index < -0.39 is 0 Å². The topological polar surface area (TPSA) is 22.1 Å². The molecule has 66 valence electrons. The van der Waals surface area contributed by atoms with Crippen molar-refractivity contribution in [3.63, 3.8) is 0 Å². The van der Waals surface area contributed by atoms with Crippen molar-refractivity contribution >= 4 is 12.6 Å². The van der Waals surface area contributed by atoms with Gasteiger partial charge in [0.15, 0.2) is 0 Å². The van der Waals surface area contributed by atoms with Gasteiger partial charge in [0, 0.05) is 6.20 Å². The van der Waals surface area contributed by atoms with Gasteiger partial charge in [-0.25, -0.2) is 0 Å². The van der Waals surface area contributed by atoms with E-state index in [1.165, 1.54) is 0 Å². The van der Waals surface area contributed by atoms with Gasteiger partial charge < -0.3 is 4.74 Å². The zero-order valence-electron chi connectivity index (χ0n) is 7.10. The number of hydrogen-bond acceptors (Lipinski definition) is 3. The number of thiol groups is 1. The molecule has 0 aliphatic rings. The lowest BCUT2D eigenvalue weighted by Crippen LogP contribution is -2.09. The molecule has 0 N–H and O–H groups in total. The van der Waals surface area contributed by atoms with Gasteiger partial charge in [0.2, 0.25) is 0 Å². The first-order valence-corrected chi connectivity index (χ1v) is 4.60. The molecule has 0 aliphatic heterocycles. The lowest BCUT2D eigenvalue weighted by molar-refractivity contribution is 0.272. The highest BCUT2D eigenvalue weighted by atomic mass is 32.1. The first-order chi connectivity index (χ1) is 5.83. The first-order valence-electron chi connectivity index (χ1n) is 3.96. The predicted octanol–water partition coefficient (Wildman–Crippen LogP) is 2.03. The van der Waals surface area contributed by atoms with Crippen molar-refractivity contribution < 1.29 is 4.74 Å². The van der Waals surface area contributed by atoms with Crippen molar-refractivity contribution in [3.8, 4) is 5.75 Å². The van der Waals surface area contributed by atoms with Crippen molar-refractivity contribution in [1.82, 2.24) is 4.98 Å². The van der Waals surface area contributed by atoms with Crippen LogP contribution in [0.5, 0.6) is 5.75 Å². The van der Waals surface area contributed by atoms with Crippen LogP contribution in [-0.4, -0.2) is 17.3 Å². The van der Waals surface area contributed by atoms with Gasteiger partial charge in [0.25, 0.3) is 0 Å². The molecule has 0 spiro atoms. The first kappa shape index (κ1) is 9.39. The summed E-state index contributed by atoms with van der Waals surface area (Å²) in [4.78, 5) is 3.94. The van der Waals surface area contributed by atoms with Crippen LogP contribution in [0.3, 0.4) is 0 Å². The molecule has 12 heavy (non-hydrogen) atoms. The van der Waals surface area contributed by atoms with Crippen LogP contribution in [0.2, 0.25) is 0 Å². The standard InChI is InChI=1S/C9H13NOS/c1-8(7-12)6-11-9-3-2-4-10-5-9/h2-5,8,12H,6-7H2,1H3. The fraction of sp³-hybridized carbons (Fsp3) is 0.444. The van der Waals surface area contributed by atoms with Gasteiger partial charge in [-0.15, -0.1) is 0 Å². The molecule has 2 nitrogen and oxygen atoms in total. The van der Waals surface area contributed by atoms with Crippen LogP contribution in [0, 0.1) is 5.92 Å². The highest BCUT2D eigenvalue weighted by Crippen LogP contribution is 2.08. The summed E-state index contributed by atoms with van der Waals surface area (Å²) in [6, 6.07) is 3.76. The van der Waals surface area contributed by atoms with Crippen molar-refractivity contribution in [2.45, 2.75) is 6.92 Å². The Bertz CT molecular complexity index is 215. The third-order valence-corrected chi connectivity index (χ3v) is 2.10. The monoisotopic (exact) mass is 183 g/mol. The van der Waals surface area contributed by atoms with Crippen LogP contribution in [-0.2, 0) is 0 Å². The van der Waals surface area contributed by atoms with E-state index in [1.807, 2.05) is 12.1 Å². The lowest BCUT2D eigenvalue weighted by Gasteiger charge is -2.09. The second-order valence-electron chi connectivity index (χ2n) is 2.79. The van der Waals surface area contributed by atoms with Gasteiger partial charge in [0.05, 0.1) is 12.8 Å². The number of hydrogen-bond donors (Lipinski definition) is 1. The lowest BCUT2D eigenvalue weighted by atomic mass is 10.2. The average molecular weight is 183 g/mol. The van der Waals surface area contributed by atoms with Gasteiger partial charge >= 0.3 is 0 Å². The smallest absolute Gasteiger partial charge is 0.137 e. The minimum absolute atomic E-state index is 0.480. The molecular weight excluding hydrogens is 170 g/mol. The van der Waals surface area contributed by atoms with Crippen molar-refractivity contribution in [2.75, 3.05) is 12.4 Å². The molecule has 0 aliphatic carbocycles. The molecule has 0 aromatic carbocycles. The summed E-state index contributed by atoms with van der Waals surface area (Å²) >= 11 is 4.17. The van der Waals surface area contributed by atoms with Gasteiger partial charge in [-0.05, 0) is 23.8 Å². The molecule has 1 rings (SSSR count). The molecule has 0 amide bonds. The number of nitrogens with zero attached hydrogens (tertiary/aromatic N) is 1. The molecular formula is C9H13NOS. The Morgan fingerprint density at radius 1 is 1.67 bits per heavy atom. The van der Waals surface area contributed by atoms with Gasteiger partial charge in [-0.3, -0.25) is 4.98 Å². The molecule has 1 atom stereocenters. The second kappa shape index (κ2) is 5.04. The quantitative estimate of drug-likeness (QED) is 0.721. The fourth-order valence-electron chi connectivity index (χ4n) is 0.724. The number of pyridine rings is 1. The van der Waals surface area contributed by atoms with E-state index in [0.29, 0.717) is 12.5 Å². The SMILES string of the molecule is CC(CS)COc1cccnc1. The van der Waals surface area contributed by atoms with E-state index in [2.05, 4.69) is 24.5 Å². The molecule has 1 aromatic heterocycles. The number of aromatic nitrogens is 1. The van der Waals surface area contributed by atoms with Crippen molar-refractivity contribution in [3.05, 3.63) is 24.5 Å². The summed E-state index contributed by atoms with van der Waals surface area (Å²) in [7, 11) is 0. The number of rotatable bonds is 4. The molecule has 0 bridgehead atoms. The van der Waals surface area contributed by atoms with Gasteiger partial charge in [-0.1, -0.05) is 6.92 Å². The van der Waals surface area contributed by atoms with E-state index >= 15 is 0 Å². The summed E-state index contributed by atoms with van der Waals surface area (Å²) in [6.45, 7) is 2.80. The molecule has 1 unspecified atom stereocenters. The largest absolute Gasteiger partial charge is 0.492 e. The predicted molar refractivity (Wildman–Crippen MR) is 52.7 cm³/mol. The van der Waals surface area contributed by atoms with E-state index in [9.17, 15) is 0 Å². The molecule has 0 saturated carbocycles. The van der Waals surface area contributed by atoms with Crippen molar-refractivity contribution in [1.29, 1.82) is 0 Å². The van der Waals surface area contributed by atoms with Gasteiger partial charge in [0.1, 0.15) is 5.75 Å². The molecule has 1 aromatic rings. The Morgan fingerprint density at radius 3 is 3.08 bits per heavy atom. The molecule has 0 radical (unpaired) electrons. The van der Waals surface area contributed by atoms with E-state index in [4.69, 9.17) is 4.74 Å². The van der Waals surface area contributed by atoms with E-state index in [0.717, 1.165) is 11.5 Å². The van der Waals surface area contributed by atoms with E-state index in [1.54, 1.807) is 12.4 Å². The maximum absolute atomic E-state index is 5.45. The maximum Gasteiger partial charge on any atom is 0.137 e. The third-order valence-electron chi connectivity index (χ3n) is 1.48. The van der Waals surface area contributed by atoms with E-state index in [-0.39, 0.29) is 0 Å². The van der Waals surface area contributed by atoms with Crippen LogP contribution < -0.4 is 4.74 Å². The van der Waals surface area contributed by atoms with Crippen molar-refractivity contribution in [2.24, 2.45) is 5.92 Å². The summed E-state index contributed by atoms with van der Waals surface area (Å²) in [5.41, 5.74) is 0. The van der Waals surface area contributed by atoms with Crippen LogP contribution in [0.1, 0.15) is 6.92 Å². The minimum atomic E-state index is 0.480. The Labute approximate surface area is 78.4 Å². The summed E-state index contributed by atoms with van der Waals surface area (Å²) in [5.74, 6) is 2.15. The number of ether oxygens (including phenoxy) is 1. The molecule has 0 fully saturated rings. The fourth-order valence-corrected chi connectivity index (χ4v) is 0.829. The zero-order chi connectivity index (χ0) is 8.81.